The second-order valence-electron chi connectivity index (χ2n) is 4.14. The van der Waals surface area contributed by atoms with E-state index in [1.54, 1.807) is 14.0 Å². The van der Waals surface area contributed by atoms with Gasteiger partial charge in [0.1, 0.15) is 23.3 Å². The van der Waals surface area contributed by atoms with Gasteiger partial charge in [0.2, 0.25) is 5.89 Å². The second kappa shape index (κ2) is 5.99. The average molecular weight is 291 g/mol. The number of aromatic nitrogens is 2. The van der Waals surface area contributed by atoms with Crippen LogP contribution in [0.25, 0.3) is 0 Å². The first kappa shape index (κ1) is 14.4. The van der Waals surface area contributed by atoms with Crippen molar-refractivity contribution in [1.29, 1.82) is 0 Å². The van der Waals surface area contributed by atoms with Crippen LogP contribution in [-0.4, -0.2) is 27.8 Å². The molecule has 0 bridgehead atoms. The van der Waals surface area contributed by atoms with Crippen molar-refractivity contribution in [2.24, 2.45) is 0 Å². The molecular weight excluding hydrogens is 278 g/mol. The predicted octanol–water partition coefficient (Wildman–Crippen LogP) is 1.26. The van der Waals surface area contributed by atoms with Crippen molar-refractivity contribution in [3.05, 3.63) is 45.8 Å². The smallest absolute Gasteiger partial charge is 0.300 e. The van der Waals surface area contributed by atoms with Crippen LogP contribution < -0.4 is 10.6 Å². The van der Waals surface area contributed by atoms with Crippen molar-refractivity contribution in [2.45, 2.75) is 13.5 Å². The van der Waals surface area contributed by atoms with Gasteiger partial charge in [-0.2, -0.15) is 0 Å². The minimum absolute atomic E-state index is 0.0427. The van der Waals surface area contributed by atoms with Gasteiger partial charge in [0.25, 0.3) is 11.6 Å². The molecule has 0 spiro atoms. The van der Waals surface area contributed by atoms with Gasteiger partial charge in [0.15, 0.2) is 0 Å². The molecule has 0 unspecified atom stereocenters. The van der Waals surface area contributed by atoms with Crippen LogP contribution in [0.3, 0.4) is 0 Å². The lowest BCUT2D eigenvalue weighted by Crippen LogP contribution is -2.24. The van der Waals surface area contributed by atoms with Crippen molar-refractivity contribution >= 4 is 17.4 Å². The molecule has 0 fully saturated rings. The van der Waals surface area contributed by atoms with Crippen LogP contribution in [0.15, 0.2) is 22.9 Å². The number of nitrogens with zero attached hydrogens (tertiary/aromatic N) is 3. The maximum absolute atomic E-state index is 12.1. The molecule has 0 aliphatic rings. The zero-order valence-corrected chi connectivity index (χ0v) is 11.4. The van der Waals surface area contributed by atoms with Crippen LogP contribution in [-0.2, 0) is 6.54 Å². The fraction of sp³-hybridized carbons (Fsp3) is 0.250. The molecule has 0 aromatic carbocycles. The van der Waals surface area contributed by atoms with Crippen LogP contribution in [0.4, 0.5) is 11.5 Å². The Hall–Kier alpha value is -2.97. The third kappa shape index (κ3) is 3.32. The molecule has 2 aromatic heterocycles. The zero-order valence-electron chi connectivity index (χ0n) is 11.4. The van der Waals surface area contributed by atoms with E-state index in [-0.39, 0.29) is 17.8 Å². The number of nitrogens with one attached hydrogen (secondary N) is 2. The van der Waals surface area contributed by atoms with Gasteiger partial charge in [-0.15, -0.1) is 0 Å². The third-order valence-electron chi connectivity index (χ3n) is 2.65. The van der Waals surface area contributed by atoms with E-state index in [4.69, 9.17) is 4.42 Å². The highest BCUT2D eigenvalue weighted by Crippen LogP contribution is 2.20. The van der Waals surface area contributed by atoms with E-state index < -0.39 is 10.8 Å². The van der Waals surface area contributed by atoms with Crippen molar-refractivity contribution < 1.29 is 14.1 Å². The van der Waals surface area contributed by atoms with E-state index in [1.807, 2.05) is 0 Å². The number of hydrogen-bond acceptors (Lipinski definition) is 7. The van der Waals surface area contributed by atoms with Crippen LogP contribution >= 0.6 is 0 Å². The summed E-state index contributed by atoms with van der Waals surface area (Å²) in [6.45, 7) is 1.77. The molecule has 9 nitrogen and oxygen atoms in total. The highest BCUT2D eigenvalue weighted by atomic mass is 16.6. The minimum atomic E-state index is -0.656. The highest BCUT2D eigenvalue weighted by molar-refractivity contribution is 5.98. The molecule has 0 aliphatic heterocycles. The number of anilines is 1. The lowest BCUT2D eigenvalue weighted by molar-refractivity contribution is -0.385. The normalized spacial score (nSPS) is 10.2. The van der Waals surface area contributed by atoms with Gasteiger partial charge in [-0.25, -0.2) is 9.97 Å². The SMILES string of the molecule is CNc1cc(C(=O)NCc2ncc(C)o2)c([N+](=O)[O-])cn1. The van der Waals surface area contributed by atoms with E-state index in [0.717, 1.165) is 6.20 Å². The van der Waals surface area contributed by atoms with Crippen molar-refractivity contribution in [1.82, 2.24) is 15.3 Å². The van der Waals surface area contributed by atoms with Crippen LogP contribution in [0.5, 0.6) is 0 Å². The molecule has 0 atom stereocenters. The predicted molar refractivity (Wildman–Crippen MR) is 72.8 cm³/mol. The Morgan fingerprint density at radius 3 is 2.76 bits per heavy atom. The standard InChI is InChI=1S/C12H13N5O4/c1-7-4-15-11(21-7)6-16-12(18)8-3-10(13-2)14-5-9(8)17(19)20/h3-5H,6H2,1-2H3,(H,13,14)(H,16,18). The Morgan fingerprint density at radius 2 is 2.19 bits per heavy atom. The Labute approximate surface area is 119 Å². The van der Waals surface area contributed by atoms with Gasteiger partial charge < -0.3 is 15.1 Å². The van der Waals surface area contributed by atoms with Gasteiger partial charge in [0.05, 0.1) is 17.7 Å². The van der Waals surface area contributed by atoms with Crippen molar-refractivity contribution in [3.8, 4) is 0 Å². The average Bonchev–Trinajstić information content (AvgIpc) is 2.89. The molecular formula is C12H13N5O4. The van der Waals surface area contributed by atoms with E-state index in [0.29, 0.717) is 17.5 Å². The number of pyridine rings is 1. The molecule has 0 radical (unpaired) electrons. The van der Waals surface area contributed by atoms with Crippen LogP contribution in [0.1, 0.15) is 22.0 Å². The number of aryl methyl sites for hydroxylation is 1. The quantitative estimate of drug-likeness (QED) is 0.627. The minimum Gasteiger partial charge on any atom is -0.444 e. The second-order valence-corrected chi connectivity index (χ2v) is 4.14. The number of oxazole rings is 1. The molecule has 9 heteroatoms. The molecule has 0 saturated heterocycles. The number of rotatable bonds is 5. The summed E-state index contributed by atoms with van der Waals surface area (Å²) in [4.78, 5) is 30.1. The summed E-state index contributed by atoms with van der Waals surface area (Å²) in [5.74, 6) is 0.701. The molecule has 2 aromatic rings. The molecule has 2 N–H and O–H groups in total. The van der Waals surface area contributed by atoms with Gasteiger partial charge in [-0.05, 0) is 6.92 Å². The summed E-state index contributed by atoms with van der Waals surface area (Å²) in [6, 6.07) is 1.31. The van der Waals surface area contributed by atoms with Crippen LogP contribution in [0.2, 0.25) is 0 Å². The van der Waals surface area contributed by atoms with E-state index in [1.165, 1.54) is 12.3 Å². The maximum atomic E-state index is 12.1. The molecule has 1 amide bonds. The number of carbonyl (C=O) groups excluding carboxylic acids is 1. The summed E-state index contributed by atoms with van der Waals surface area (Å²) in [5.41, 5.74) is -0.447. The Bertz CT molecular complexity index is 682. The Morgan fingerprint density at radius 1 is 1.43 bits per heavy atom. The van der Waals surface area contributed by atoms with Crippen molar-refractivity contribution in [2.75, 3.05) is 12.4 Å². The van der Waals surface area contributed by atoms with Gasteiger partial charge in [-0.1, -0.05) is 0 Å². The fourth-order valence-corrected chi connectivity index (χ4v) is 1.65. The first-order chi connectivity index (χ1) is 10.0. The Kier molecular flexibility index (Phi) is 4.12. The number of hydrogen-bond donors (Lipinski definition) is 2. The summed E-state index contributed by atoms with van der Waals surface area (Å²) in [7, 11) is 1.60. The molecule has 0 saturated carbocycles. The molecule has 21 heavy (non-hydrogen) atoms. The summed E-state index contributed by atoms with van der Waals surface area (Å²) in [6.07, 6.45) is 2.56. The van der Waals surface area contributed by atoms with Crippen LogP contribution in [0, 0.1) is 17.0 Å². The van der Waals surface area contributed by atoms with Crippen molar-refractivity contribution in [3.63, 3.8) is 0 Å². The lowest BCUT2D eigenvalue weighted by atomic mass is 10.2. The van der Waals surface area contributed by atoms with Gasteiger partial charge >= 0.3 is 0 Å². The van der Waals surface area contributed by atoms with E-state index in [2.05, 4.69) is 20.6 Å². The van der Waals surface area contributed by atoms with E-state index in [9.17, 15) is 14.9 Å². The first-order valence-electron chi connectivity index (χ1n) is 6.03. The highest BCUT2D eigenvalue weighted by Gasteiger charge is 2.21. The van der Waals surface area contributed by atoms with E-state index >= 15 is 0 Å². The first-order valence-corrected chi connectivity index (χ1v) is 6.03. The topological polar surface area (TPSA) is 123 Å². The summed E-state index contributed by atoms with van der Waals surface area (Å²) < 4.78 is 5.21. The van der Waals surface area contributed by atoms with Gasteiger partial charge in [0, 0.05) is 13.1 Å². The zero-order chi connectivity index (χ0) is 15.4. The number of carbonyl (C=O) groups is 1. The number of amides is 1. The number of nitro groups is 1. The monoisotopic (exact) mass is 291 g/mol. The maximum Gasteiger partial charge on any atom is 0.300 e. The third-order valence-corrected chi connectivity index (χ3v) is 2.65. The summed E-state index contributed by atoms with van der Waals surface area (Å²) >= 11 is 0. The van der Waals surface area contributed by atoms with Gasteiger partial charge in [-0.3, -0.25) is 14.9 Å². The largest absolute Gasteiger partial charge is 0.444 e. The Balaban J connectivity index is 2.19. The lowest BCUT2D eigenvalue weighted by Gasteiger charge is -2.05. The summed E-state index contributed by atoms with van der Waals surface area (Å²) in [5, 5.41) is 16.2. The molecule has 0 aliphatic carbocycles. The molecule has 2 heterocycles. The molecule has 110 valence electrons. The fourth-order valence-electron chi connectivity index (χ4n) is 1.65. The molecule has 2 rings (SSSR count).